The predicted octanol–water partition coefficient (Wildman–Crippen LogP) is 2.26. The van der Waals surface area contributed by atoms with Crippen molar-refractivity contribution in [2.45, 2.75) is 50.7 Å². The highest BCUT2D eigenvalue weighted by Gasteiger charge is 2.61. The zero-order chi connectivity index (χ0) is 14.7. The average Bonchev–Trinajstić information content (AvgIpc) is 2.69. The molecule has 2 atom stereocenters. The van der Waals surface area contributed by atoms with Crippen LogP contribution < -0.4 is 0 Å². The number of aryl methyl sites for hydroxylation is 1. The summed E-state index contributed by atoms with van der Waals surface area (Å²) in [4.78, 5) is 25.4. The molecule has 2 saturated heterocycles. The van der Waals surface area contributed by atoms with Crippen LogP contribution in [0.15, 0.2) is 18.2 Å². The van der Waals surface area contributed by atoms with E-state index in [1.54, 1.807) is 26.0 Å². The molecule has 4 nitrogen and oxygen atoms in total. The van der Waals surface area contributed by atoms with Crippen molar-refractivity contribution in [1.29, 1.82) is 0 Å². The lowest BCUT2D eigenvalue weighted by Crippen LogP contribution is -2.54. The summed E-state index contributed by atoms with van der Waals surface area (Å²) in [5, 5.41) is 9.66. The Hall–Kier alpha value is -1.68. The van der Waals surface area contributed by atoms with E-state index >= 15 is 0 Å². The molecular formula is C16H18O4. The Morgan fingerprint density at radius 2 is 1.70 bits per heavy atom. The highest BCUT2D eigenvalue weighted by Crippen LogP contribution is 2.49. The van der Waals surface area contributed by atoms with Crippen LogP contribution in [0.3, 0.4) is 0 Å². The number of fused-ring (bicyclic) bond motifs is 2. The van der Waals surface area contributed by atoms with Crippen molar-refractivity contribution >= 4 is 11.6 Å². The molecule has 2 fully saturated rings. The molecule has 1 aromatic rings. The second-order valence-electron chi connectivity index (χ2n) is 6.27. The van der Waals surface area contributed by atoms with Gasteiger partial charge in [0, 0.05) is 0 Å². The Morgan fingerprint density at radius 3 is 2.25 bits per heavy atom. The van der Waals surface area contributed by atoms with Crippen LogP contribution in [-0.4, -0.2) is 27.9 Å². The van der Waals surface area contributed by atoms with E-state index in [-0.39, 0.29) is 17.3 Å². The van der Waals surface area contributed by atoms with Crippen LogP contribution >= 0.6 is 0 Å². The van der Waals surface area contributed by atoms with Crippen LogP contribution in [-0.2, 0) is 14.3 Å². The molecule has 2 heterocycles. The summed E-state index contributed by atoms with van der Waals surface area (Å²) in [5.41, 5.74) is -0.332. The van der Waals surface area contributed by atoms with Crippen molar-refractivity contribution in [1.82, 2.24) is 0 Å². The molecule has 106 valence electrons. The molecule has 2 aliphatic heterocycles. The van der Waals surface area contributed by atoms with Gasteiger partial charge in [0.05, 0.1) is 0 Å². The first-order chi connectivity index (χ1) is 9.27. The fraction of sp³-hybridized carbons (Fsp3) is 0.500. The number of benzene rings is 1. The first-order valence-corrected chi connectivity index (χ1v) is 6.85. The van der Waals surface area contributed by atoms with Crippen LogP contribution in [0, 0.1) is 6.92 Å². The lowest BCUT2D eigenvalue weighted by Gasteiger charge is -2.38. The predicted molar refractivity (Wildman–Crippen MR) is 72.7 cm³/mol. The zero-order valence-electron chi connectivity index (χ0n) is 11.9. The van der Waals surface area contributed by atoms with Gasteiger partial charge in [-0.1, -0.05) is 6.07 Å². The SMILES string of the molecule is Cc1ccc(O)cc1C1C(=O)C2(C)CCC(C)(O2)C1=O. The number of phenols is 1. The number of rotatable bonds is 1. The molecule has 1 aromatic carbocycles. The summed E-state index contributed by atoms with van der Waals surface area (Å²) < 4.78 is 5.76. The summed E-state index contributed by atoms with van der Waals surface area (Å²) in [7, 11) is 0. The highest BCUT2D eigenvalue weighted by atomic mass is 16.5. The Balaban J connectivity index is 2.15. The maximum atomic E-state index is 12.7. The van der Waals surface area contributed by atoms with Gasteiger partial charge >= 0.3 is 0 Å². The zero-order valence-corrected chi connectivity index (χ0v) is 11.9. The lowest BCUT2D eigenvalue weighted by atomic mass is 9.77. The molecule has 2 bridgehead atoms. The van der Waals surface area contributed by atoms with Crippen molar-refractivity contribution in [3.8, 4) is 5.75 Å². The number of ketones is 2. The van der Waals surface area contributed by atoms with Crippen LogP contribution in [0.5, 0.6) is 5.75 Å². The molecule has 2 aliphatic rings. The van der Waals surface area contributed by atoms with Gasteiger partial charge in [0.1, 0.15) is 22.9 Å². The monoisotopic (exact) mass is 274 g/mol. The van der Waals surface area contributed by atoms with Crippen molar-refractivity contribution in [3.63, 3.8) is 0 Å². The summed E-state index contributed by atoms with van der Waals surface area (Å²) in [6, 6.07) is 4.81. The molecular weight excluding hydrogens is 256 g/mol. The molecule has 20 heavy (non-hydrogen) atoms. The van der Waals surface area contributed by atoms with Crippen molar-refractivity contribution in [3.05, 3.63) is 29.3 Å². The van der Waals surface area contributed by atoms with E-state index < -0.39 is 17.1 Å². The summed E-state index contributed by atoms with van der Waals surface area (Å²) in [6.07, 6.45) is 1.14. The number of ether oxygens (including phenoxy) is 1. The quantitative estimate of drug-likeness (QED) is 0.798. The van der Waals surface area contributed by atoms with E-state index in [0.717, 1.165) is 5.56 Å². The molecule has 1 N–H and O–H groups in total. The molecule has 2 unspecified atom stereocenters. The minimum Gasteiger partial charge on any atom is -0.508 e. The number of carbonyl (C=O) groups excluding carboxylic acids is 2. The third-order valence-electron chi connectivity index (χ3n) is 4.67. The van der Waals surface area contributed by atoms with Gasteiger partial charge in [-0.15, -0.1) is 0 Å². The van der Waals surface area contributed by atoms with E-state index in [2.05, 4.69) is 0 Å². The number of carbonyl (C=O) groups is 2. The highest BCUT2D eigenvalue weighted by molar-refractivity contribution is 6.16. The summed E-state index contributed by atoms with van der Waals surface area (Å²) in [5.74, 6) is -1.13. The van der Waals surface area contributed by atoms with Crippen LogP contribution in [0.25, 0.3) is 0 Å². The van der Waals surface area contributed by atoms with Crippen LogP contribution in [0.2, 0.25) is 0 Å². The van der Waals surface area contributed by atoms with Gasteiger partial charge in [0.25, 0.3) is 0 Å². The van der Waals surface area contributed by atoms with E-state index in [0.29, 0.717) is 18.4 Å². The average molecular weight is 274 g/mol. The van der Waals surface area contributed by atoms with Gasteiger partial charge in [-0.3, -0.25) is 9.59 Å². The molecule has 0 aromatic heterocycles. The van der Waals surface area contributed by atoms with Crippen molar-refractivity contribution in [2.24, 2.45) is 0 Å². The fourth-order valence-electron chi connectivity index (χ4n) is 3.37. The van der Waals surface area contributed by atoms with Gasteiger partial charge in [-0.2, -0.15) is 0 Å². The molecule has 0 spiro atoms. The van der Waals surface area contributed by atoms with E-state index in [9.17, 15) is 14.7 Å². The standard InChI is InChI=1S/C16H18O4/c1-9-4-5-10(17)8-11(9)12-13(18)15(2)6-7-16(3,20-15)14(12)19/h4-5,8,12,17H,6-7H2,1-3H3. The minimum atomic E-state index is -0.884. The number of phenolic OH excluding ortho intramolecular Hbond substituents is 1. The van der Waals surface area contributed by atoms with Gasteiger partial charge < -0.3 is 9.84 Å². The van der Waals surface area contributed by atoms with E-state index in [1.165, 1.54) is 6.07 Å². The number of hydrogen-bond acceptors (Lipinski definition) is 4. The lowest BCUT2D eigenvalue weighted by molar-refractivity contribution is -0.173. The summed E-state index contributed by atoms with van der Waals surface area (Å²) in [6.45, 7) is 5.37. The van der Waals surface area contributed by atoms with E-state index in [1.807, 2.05) is 6.92 Å². The number of aromatic hydroxyl groups is 1. The second kappa shape index (κ2) is 3.92. The van der Waals surface area contributed by atoms with Crippen molar-refractivity contribution < 1.29 is 19.4 Å². The molecule has 0 amide bonds. The van der Waals surface area contributed by atoms with E-state index in [4.69, 9.17) is 4.74 Å². The third-order valence-corrected chi connectivity index (χ3v) is 4.67. The van der Waals surface area contributed by atoms with Crippen LogP contribution in [0.4, 0.5) is 0 Å². The second-order valence-corrected chi connectivity index (χ2v) is 6.27. The van der Waals surface area contributed by atoms with Crippen molar-refractivity contribution in [2.75, 3.05) is 0 Å². The van der Waals surface area contributed by atoms with Gasteiger partial charge in [-0.25, -0.2) is 0 Å². The largest absolute Gasteiger partial charge is 0.508 e. The Labute approximate surface area is 117 Å². The molecule has 0 radical (unpaired) electrons. The van der Waals surface area contributed by atoms with Gasteiger partial charge in [0.2, 0.25) is 0 Å². The molecule has 4 heteroatoms. The third kappa shape index (κ3) is 1.64. The summed E-state index contributed by atoms with van der Waals surface area (Å²) >= 11 is 0. The van der Waals surface area contributed by atoms with Gasteiger partial charge in [-0.05, 0) is 56.9 Å². The van der Waals surface area contributed by atoms with Crippen LogP contribution in [0.1, 0.15) is 43.7 Å². The van der Waals surface area contributed by atoms with Gasteiger partial charge in [0.15, 0.2) is 11.6 Å². The molecule has 0 saturated carbocycles. The Kier molecular flexibility index (Phi) is 2.61. The topological polar surface area (TPSA) is 63.6 Å². The first-order valence-electron chi connectivity index (χ1n) is 6.85. The Morgan fingerprint density at radius 1 is 1.15 bits per heavy atom. The maximum Gasteiger partial charge on any atom is 0.179 e. The molecule has 3 rings (SSSR count). The number of hydrogen-bond donors (Lipinski definition) is 1. The molecule has 0 aliphatic carbocycles. The number of Topliss-reactive ketones (excluding diaryl/α,β-unsaturated/α-hetero) is 2. The maximum absolute atomic E-state index is 12.7. The smallest absolute Gasteiger partial charge is 0.179 e. The minimum absolute atomic E-state index is 0.0698. The normalized spacial score (nSPS) is 36.5. The first kappa shape index (κ1) is 13.3. The fourth-order valence-corrected chi connectivity index (χ4v) is 3.37. The Bertz CT molecular complexity index is 593.